The second-order valence-corrected chi connectivity index (χ2v) is 9.81. The molecule has 1 aliphatic rings. The van der Waals surface area contributed by atoms with Crippen LogP contribution >= 0.6 is 11.6 Å². The Balaban J connectivity index is 1.44. The molecule has 6 nitrogen and oxygen atoms in total. The maximum absolute atomic E-state index is 13.1. The third-order valence-electron chi connectivity index (χ3n) is 5.45. The lowest BCUT2D eigenvalue weighted by atomic mass is 10.1. The number of fused-ring (bicyclic) bond motifs is 1. The summed E-state index contributed by atoms with van der Waals surface area (Å²) in [6, 6.07) is 19.2. The van der Waals surface area contributed by atoms with Gasteiger partial charge < -0.3 is 4.90 Å². The SMILES string of the molecule is N#CC=Cc1ccc(C(=O)N2CCN(S(=O)(=O)c3ccc4cc(Cl)ccc4c3)CC2)cc1. The molecule has 0 aliphatic carbocycles. The molecule has 1 saturated heterocycles. The third kappa shape index (κ3) is 4.53. The molecule has 1 heterocycles. The van der Waals surface area contributed by atoms with Crippen LogP contribution in [0, 0.1) is 11.3 Å². The summed E-state index contributed by atoms with van der Waals surface area (Å²) in [7, 11) is -3.66. The van der Waals surface area contributed by atoms with E-state index in [2.05, 4.69) is 0 Å². The summed E-state index contributed by atoms with van der Waals surface area (Å²) >= 11 is 6.01. The standard InChI is InChI=1S/C24H20ClN3O3S/c25-22-9-7-21-17-23(10-8-20(21)16-22)32(30,31)28-14-12-27(13-15-28)24(29)19-5-3-18(4-6-19)2-1-11-26/h1-10,16-17H,12-15H2. The zero-order valence-corrected chi connectivity index (χ0v) is 18.7. The molecule has 0 unspecified atom stereocenters. The Kier molecular flexibility index (Phi) is 6.28. The molecule has 4 rings (SSSR count). The molecule has 0 radical (unpaired) electrons. The monoisotopic (exact) mass is 465 g/mol. The fourth-order valence-electron chi connectivity index (χ4n) is 3.69. The number of nitrogens with zero attached hydrogens (tertiary/aromatic N) is 3. The van der Waals surface area contributed by atoms with E-state index in [-0.39, 0.29) is 23.9 Å². The van der Waals surface area contributed by atoms with Crippen molar-refractivity contribution in [3.63, 3.8) is 0 Å². The van der Waals surface area contributed by atoms with Crippen LogP contribution in [0.25, 0.3) is 16.8 Å². The number of carbonyl (C=O) groups is 1. The maximum atomic E-state index is 13.1. The highest BCUT2D eigenvalue weighted by molar-refractivity contribution is 7.89. The highest BCUT2D eigenvalue weighted by atomic mass is 35.5. The Bertz CT molecular complexity index is 1340. The second kappa shape index (κ2) is 9.13. The molecule has 8 heteroatoms. The van der Waals surface area contributed by atoms with Crippen molar-refractivity contribution >= 4 is 44.4 Å². The van der Waals surface area contributed by atoms with Gasteiger partial charge in [-0.15, -0.1) is 0 Å². The third-order valence-corrected chi connectivity index (χ3v) is 7.58. The van der Waals surface area contributed by atoms with Gasteiger partial charge in [0.25, 0.3) is 5.91 Å². The van der Waals surface area contributed by atoms with Gasteiger partial charge in [-0.25, -0.2) is 8.42 Å². The molecule has 1 amide bonds. The molecular weight excluding hydrogens is 446 g/mol. The van der Waals surface area contributed by atoms with E-state index in [0.717, 1.165) is 16.3 Å². The summed E-state index contributed by atoms with van der Waals surface area (Å²) in [5.41, 5.74) is 1.36. The van der Waals surface area contributed by atoms with Crippen molar-refractivity contribution < 1.29 is 13.2 Å². The summed E-state index contributed by atoms with van der Waals surface area (Å²) in [6.45, 7) is 1.10. The molecular formula is C24H20ClN3O3S. The fourth-order valence-corrected chi connectivity index (χ4v) is 5.33. The van der Waals surface area contributed by atoms with Crippen LogP contribution in [0.5, 0.6) is 0 Å². The topological polar surface area (TPSA) is 81.5 Å². The molecule has 0 spiro atoms. The molecule has 1 aliphatic heterocycles. The van der Waals surface area contributed by atoms with Gasteiger partial charge in [-0.2, -0.15) is 9.57 Å². The number of rotatable bonds is 4. The summed E-state index contributed by atoms with van der Waals surface area (Å²) in [4.78, 5) is 14.7. The molecule has 3 aromatic rings. The molecule has 1 fully saturated rings. The normalized spacial score (nSPS) is 15.2. The molecule has 0 atom stereocenters. The van der Waals surface area contributed by atoms with E-state index in [1.54, 1.807) is 71.6 Å². The Labute approximate surface area is 192 Å². The van der Waals surface area contributed by atoms with Gasteiger partial charge in [0.1, 0.15) is 0 Å². The van der Waals surface area contributed by atoms with Crippen molar-refractivity contribution in [1.29, 1.82) is 5.26 Å². The molecule has 0 saturated carbocycles. The number of halogens is 1. The van der Waals surface area contributed by atoms with Crippen LogP contribution < -0.4 is 0 Å². The van der Waals surface area contributed by atoms with Crippen LogP contribution in [0.2, 0.25) is 5.02 Å². The number of carbonyl (C=O) groups excluding carboxylic acids is 1. The van der Waals surface area contributed by atoms with Crippen LogP contribution in [0.1, 0.15) is 15.9 Å². The highest BCUT2D eigenvalue weighted by Crippen LogP contribution is 2.25. The lowest BCUT2D eigenvalue weighted by Crippen LogP contribution is -2.50. The van der Waals surface area contributed by atoms with Crippen LogP contribution in [-0.4, -0.2) is 49.7 Å². The van der Waals surface area contributed by atoms with Gasteiger partial charge in [-0.1, -0.05) is 35.9 Å². The Morgan fingerprint density at radius 1 is 0.938 bits per heavy atom. The molecule has 162 valence electrons. The van der Waals surface area contributed by atoms with E-state index < -0.39 is 10.0 Å². The van der Waals surface area contributed by atoms with E-state index in [1.165, 1.54) is 10.4 Å². The first-order valence-electron chi connectivity index (χ1n) is 10.0. The summed E-state index contributed by atoms with van der Waals surface area (Å²) < 4.78 is 27.7. The van der Waals surface area contributed by atoms with Gasteiger partial charge in [0.2, 0.25) is 10.0 Å². The maximum Gasteiger partial charge on any atom is 0.253 e. The zero-order chi connectivity index (χ0) is 22.7. The fraction of sp³-hybridized carbons (Fsp3) is 0.167. The van der Waals surface area contributed by atoms with Crippen LogP contribution in [0.4, 0.5) is 0 Å². The predicted octanol–water partition coefficient (Wildman–Crippen LogP) is 4.18. The number of benzene rings is 3. The average molecular weight is 466 g/mol. The predicted molar refractivity (Wildman–Crippen MR) is 125 cm³/mol. The number of amides is 1. The lowest BCUT2D eigenvalue weighted by molar-refractivity contribution is 0.0698. The summed E-state index contributed by atoms with van der Waals surface area (Å²) in [5.74, 6) is -0.138. The Morgan fingerprint density at radius 3 is 2.28 bits per heavy atom. The van der Waals surface area contributed by atoms with Crippen molar-refractivity contribution in [3.8, 4) is 6.07 Å². The van der Waals surface area contributed by atoms with Gasteiger partial charge in [-0.3, -0.25) is 4.79 Å². The average Bonchev–Trinajstić information content (AvgIpc) is 2.82. The number of nitriles is 1. The largest absolute Gasteiger partial charge is 0.336 e. The van der Waals surface area contributed by atoms with Crippen molar-refractivity contribution in [3.05, 3.63) is 82.9 Å². The summed E-state index contributed by atoms with van der Waals surface area (Å²) in [5, 5.41) is 10.9. The van der Waals surface area contributed by atoms with Crippen LogP contribution in [0.15, 0.2) is 71.6 Å². The number of allylic oxidation sites excluding steroid dienone is 1. The van der Waals surface area contributed by atoms with Gasteiger partial charge in [0.05, 0.1) is 11.0 Å². The van der Waals surface area contributed by atoms with Crippen LogP contribution in [0.3, 0.4) is 0 Å². The van der Waals surface area contributed by atoms with E-state index in [9.17, 15) is 13.2 Å². The smallest absolute Gasteiger partial charge is 0.253 e. The number of sulfonamides is 1. The van der Waals surface area contributed by atoms with Crippen molar-refractivity contribution in [2.24, 2.45) is 0 Å². The van der Waals surface area contributed by atoms with E-state index in [1.807, 2.05) is 6.07 Å². The van der Waals surface area contributed by atoms with Gasteiger partial charge in [0, 0.05) is 42.8 Å². The second-order valence-electron chi connectivity index (χ2n) is 7.43. The number of piperazine rings is 1. The van der Waals surface area contributed by atoms with Crippen molar-refractivity contribution in [2.45, 2.75) is 4.90 Å². The van der Waals surface area contributed by atoms with Gasteiger partial charge >= 0.3 is 0 Å². The Hall–Kier alpha value is -3.18. The molecule has 0 N–H and O–H groups in total. The lowest BCUT2D eigenvalue weighted by Gasteiger charge is -2.34. The van der Waals surface area contributed by atoms with Crippen molar-refractivity contribution in [2.75, 3.05) is 26.2 Å². The molecule has 32 heavy (non-hydrogen) atoms. The molecule has 0 bridgehead atoms. The van der Waals surface area contributed by atoms with E-state index in [4.69, 9.17) is 16.9 Å². The first-order chi connectivity index (χ1) is 15.4. The Morgan fingerprint density at radius 2 is 1.59 bits per heavy atom. The quantitative estimate of drug-likeness (QED) is 0.541. The van der Waals surface area contributed by atoms with Crippen LogP contribution in [-0.2, 0) is 10.0 Å². The highest BCUT2D eigenvalue weighted by Gasteiger charge is 2.30. The molecule has 0 aromatic heterocycles. The van der Waals surface area contributed by atoms with E-state index in [0.29, 0.717) is 23.7 Å². The summed E-state index contributed by atoms with van der Waals surface area (Å²) in [6.07, 6.45) is 3.04. The minimum atomic E-state index is -3.66. The van der Waals surface area contributed by atoms with Crippen molar-refractivity contribution in [1.82, 2.24) is 9.21 Å². The minimum absolute atomic E-state index is 0.138. The molecule has 3 aromatic carbocycles. The van der Waals surface area contributed by atoms with E-state index >= 15 is 0 Å². The number of hydrogen-bond donors (Lipinski definition) is 0. The van der Waals surface area contributed by atoms with Gasteiger partial charge in [0.15, 0.2) is 0 Å². The van der Waals surface area contributed by atoms with Gasteiger partial charge in [-0.05, 0) is 58.8 Å². The number of hydrogen-bond acceptors (Lipinski definition) is 4. The first kappa shape index (κ1) is 22.0. The zero-order valence-electron chi connectivity index (χ0n) is 17.1. The first-order valence-corrected chi connectivity index (χ1v) is 11.9. The minimum Gasteiger partial charge on any atom is -0.336 e.